The molecular formula is C20H23F3N6O2. The van der Waals surface area contributed by atoms with Crippen LogP contribution in [-0.4, -0.2) is 66.6 Å². The smallest absolute Gasteiger partial charge is 0.384 e. The number of pyridine rings is 1. The van der Waals surface area contributed by atoms with Crippen LogP contribution in [0.1, 0.15) is 18.1 Å². The lowest BCUT2D eigenvalue weighted by Crippen LogP contribution is -2.44. The van der Waals surface area contributed by atoms with Crippen molar-refractivity contribution in [3.63, 3.8) is 0 Å². The first-order chi connectivity index (χ1) is 14.8. The molecule has 2 saturated heterocycles. The van der Waals surface area contributed by atoms with Gasteiger partial charge in [0.1, 0.15) is 17.5 Å². The molecule has 166 valence electrons. The summed E-state index contributed by atoms with van der Waals surface area (Å²) in [5, 5.41) is 0. The second-order valence-electron chi connectivity index (χ2n) is 8.07. The Balaban J connectivity index is 1.69. The van der Waals surface area contributed by atoms with Gasteiger partial charge < -0.3 is 25.0 Å². The third-order valence-corrected chi connectivity index (χ3v) is 6.01. The van der Waals surface area contributed by atoms with Crippen LogP contribution in [0.5, 0.6) is 0 Å². The number of ether oxygens (including phenoxy) is 2. The minimum absolute atomic E-state index is 0.000548. The van der Waals surface area contributed by atoms with Crippen molar-refractivity contribution in [3.8, 4) is 11.4 Å². The van der Waals surface area contributed by atoms with Crippen molar-refractivity contribution in [1.82, 2.24) is 15.0 Å². The minimum atomic E-state index is -4.61. The maximum Gasteiger partial charge on any atom is 0.417 e. The average molecular weight is 436 g/mol. The first-order valence-corrected chi connectivity index (χ1v) is 10.3. The van der Waals surface area contributed by atoms with Crippen molar-refractivity contribution in [2.45, 2.75) is 31.6 Å². The fraction of sp³-hybridized carbons (Fsp3) is 0.550. The van der Waals surface area contributed by atoms with Crippen LogP contribution in [0.4, 0.5) is 30.6 Å². The lowest BCUT2D eigenvalue weighted by Gasteiger charge is -2.35. The van der Waals surface area contributed by atoms with E-state index in [9.17, 15) is 13.2 Å². The van der Waals surface area contributed by atoms with E-state index >= 15 is 0 Å². The van der Waals surface area contributed by atoms with Gasteiger partial charge >= 0.3 is 6.18 Å². The monoisotopic (exact) mass is 436 g/mol. The quantitative estimate of drug-likeness (QED) is 0.766. The number of alkyl halides is 3. The Bertz CT molecular complexity index is 1000. The third-order valence-electron chi connectivity index (χ3n) is 6.01. The summed E-state index contributed by atoms with van der Waals surface area (Å²) in [5.74, 6) is 1.14. The first kappa shape index (κ1) is 20.3. The molecule has 5 heterocycles. The SMILES string of the molecule is C[C@@H]1COCCN1c1nc(-c2cnc(N)cc2C(F)(F)F)nc2c1C[C@@H]1COCCN21. The normalized spacial score (nSPS) is 23.6. The Labute approximate surface area is 177 Å². The summed E-state index contributed by atoms with van der Waals surface area (Å²) in [6.07, 6.45) is -2.80. The summed E-state index contributed by atoms with van der Waals surface area (Å²) < 4.78 is 52.5. The molecule has 2 aromatic heterocycles. The number of fused-ring (bicyclic) bond motifs is 3. The van der Waals surface area contributed by atoms with Gasteiger partial charge in [0.2, 0.25) is 0 Å². The molecule has 0 saturated carbocycles. The van der Waals surface area contributed by atoms with Gasteiger partial charge in [-0.1, -0.05) is 0 Å². The van der Waals surface area contributed by atoms with Gasteiger partial charge in [0.25, 0.3) is 0 Å². The zero-order chi connectivity index (χ0) is 21.8. The van der Waals surface area contributed by atoms with Gasteiger partial charge in [-0.15, -0.1) is 0 Å². The number of halogens is 3. The van der Waals surface area contributed by atoms with Crippen molar-refractivity contribution in [2.75, 3.05) is 55.1 Å². The molecule has 0 aromatic carbocycles. The molecule has 8 nitrogen and oxygen atoms in total. The van der Waals surface area contributed by atoms with Crippen LogP contribution in [0, 0.1) is 0 Å². The topological polar surface area (TPSA) is 89.6 Å². The molecule has 5 rings (SSSR count). The second kappa shape index (κ2) is 7.49. The molecule has 0 unspecified atom stereocenters. The number of nitrogen functional groups attached to an aromatic ring is 1. The number of morpholine rings is 2. The lowest BCUT2D eigenvalue weighted by atomic mass is 10.1. The highest BCUT2D eigenvalue weighted by Gasteiger charge is 2.40. The number of hydrogen-bond acceptors (Lipinski definition) is 8. The Morgan fingerprint density at radius 3 is 2.45 bits per heavy atom. The third kappa shape index (κ3) is 3.55. The van der Waals surface area contributed by atoms with Crippen LogP contribution in [0.2, 0.25) is 0 Å². The van der Waals surface area contributed by atoms with E-state index in [1.165, 1.54) is 0 Å². The van der Waals surface area contributed by atoms with E-state index in [1.54, 1.807) is 0 Å². The summed E-state index contributed by atoms with van der Waals surface area (Å²) in [5.41, 5.74) is 5.43. The molecule has 0 aliphatic carbocycles. The fourth-order valence-electron chi connectivity index (χ4n) is 4.50. The van der Waals surface area contributed by atoms with Gasteiger partial charge in [-0.3, -0.25) is 0 Å². The molecule has 0 spiro atoms. The standard InChI is InChI=1S/C20H23F3N6O2/c1-11-9-30-4-2-28(11)18-13-6-12-10-31-5-3-29(12)19(13)27-17(26-18)14-8-25-16(24)7-15(14)20(21,22)23/h7-8,11-12H,2-6,9-10H2,1H3,(H2,24,25)/t11-,12-/m1/s1. The summed E-state index contributed by atoms with van der Waals surface area (Å²) in [4.78, 5) is 17.4. The first-order valence-electron chi connectivity index (χ1n) is 10.3. The molecule has 2 N–H and O–H groups in total. The summed E-state index contributed by atoms with van der Waals surface area (Å²) in [6, 6.07) is 0.983. The average Bonchev–Trinajstić information content (AvgIpc) is 3.12. The summed E-state index contributed by atoms with van der Waals surface area (Å²) in [7, 11) is 0. The number of aromatic nitrogens is 3. The van der Waals surface area contributed by atoms with Gasteiger partial charge in [-0.2, -0.15) is 13.2 Å². The Morgan fingerprint density at radius 1 is 1.06 bits per heavy atom. The van der Waals surface area contributed by atoms with Crippen LogP contribution in [0.25, 0.3) is 11.4 Å². The van der Waals surface area contributed by atoms with Gasteiger partial charge in [-0.05, 0) is 13.0 Å². The van der Waals surface area contributed by atoms with E-state index < -0.39 is 11.7 Å². The Morgan fingerprint density at radius 2 is 1.74 bits per heavy atom. The zero-order valence-electron chi connectivity index (χ0n) is 17.0. The molecule has 2 atom stereocenters. The molecule has 0 amide bonds. The maximum absolute atomic E-state index is 13.8. The highest BCUT2D eigenvalue weighted by Crippen LogP contribution is 2.42. The number of anilines is 3. The highest BCUT2D eigenvalue weighted by atomic mass is 19.4. The van der Waals surface area contributed by atoms with E-state index in [-0.39, 0.29) is 29.3 Å². The Hall–Kier alpha value is -2.66. The van der Waals surface area contributed by atoms with E-state index in [0.29, 0.717) is 57.6 Å². The van der Waals surface area contributed by atoms with Crippen LogP contribution < -0.4 is 15.5 Å². The van der Waals surface area contributed by atoms with E-state index in [4.69, 9.17) is 15.2 Å². The van der Waals surface area contributed by atoms with Crippen LogP contribution in [0.3, 0.4) is 0 Å². The Kier molecular flexibility index (Phi) is 4.89. The van der Waals surface area contributed by atoms with E-state index in [1.807, 2.05) is 6.92 Å². The van der Waals surface area contributed by atoms with Gasteiger partial charge in [0, 0.05) is 31.3 Å². The molecule has 0 bridgehead atoms. The lowest BCUT2D eigenvalue weighted by molar-refractivity contribution is -0.137. The largest absolute Gasteiger partial charge is 0.417 e. The molecule has 11 heteroatoms. The molecule has 2 fully saturated rings. The van der Waals surface area contributed by atoms with Crippen molar-refractivity contribution < 1.29 is 22.6 Å². The molecule has 0 radical (unpaired) electrons. The van der Waals surface area contributed by atoms with Crippen molar-refractivity contribution in [3.05, 3.63) is 23.4 Å². The molecule has 31 heavy (non-hydrogen) atoms. The number of nitrogens with zero attached hydrogens (tertiary/aromatic N) is 5. The van der Waals surface area contributed by atoms with E-state index in [0.717, 1.165) is 17.8 Å². The van der Waals surface area contributed by atoms with Crippen molar-refractivity contribution >= 4 is 17.5 Å². The van der Waals surface area contributed by atoms with Crippen LogP contribution in [0.15, 0.2) is 12.3 Å². The van der Waals surface area contributed by atoms with E-state index in [2.05, 4.69) is 24.8 Å². The second-order valence-corrected chi connectivity index (χ2v) is 8.07. The summed E-state index contributed by atoms with van der Waals surface area (Å²) >= 11 is 0. The number of nitrogens with two attached hydrogens (primary N) is 1. The van der Waals surface area contributed by atoms with Crippen molar-refractivity contribution in [2.24, 2.45) is 0 Å². The van der Waals surface area contributed by atoms with Crippen LogP contribution >= 0.6 is 0 Å². The fourth-order valence-corrected chi connectivity index (χ4v) is 4.50. The van der Waals surface area contributed by atoms with Crippen LogP contribution in [-0.2, 0) is 22.1 Å². The molecule has 2 aromatic rings. The molecule has 3 aliphatic heterocycles. The number of hydrogen-bond donors (Lipinski definition) is 1. The predicted octanol–water partition coefficient (Wildman–Crippen LogP) is 2.13. The van der Waals surface area contributed by atoms with Gasteiger partial charge in [0.05, 0.1) is 49.6 Å². The molecular weight excluding hydrogens is 413 g/mol. The van der Waals surface area contributed by atoms with Crippen molar-refractivity contribution in [1.29, 1.82) is 0 Å². The van der Waals surface area contributed by atoms with Gasteiger partial charge in [-0.25, -0.2) is 15.0 Å². The minimum Gasteiger partial charge on any atom is -0.384 e. The maximum atomic E-state index is 13.8. The zero-order valence-corrected chi connectivity index (χ0v) is 17.0. The highest BCUT2D eigenvalue weighted by molar-refractivity contribution is 5.72. The molecule has 3 aliphatic rings. The predicted molar refractivity (Wildman–Crippen MR) is 108 cm³/mol. The van der Waals surface area contributed by atoms with Gasteiger partial charge in [0.15, 0.2) is 5.82 Å². The summed E-state index contributed by atoms with van der Waals surface area (Å²) in [6.45, 7) is 5.44. The number of rotatable bonds is 2.